The van der Waals surface area contributed by atoms with Crippen LogP contribution in [0.5, 0.6) is 0 Å². The summed E-state index contributed by atoms with van der Waals surface area (Å²) in [5, 5.41) is 7.49. The lowest BCUT2D eigenvalue weighted by Gasteiger charge is -2.32. The van der Waals surface area contributed by atoms with Crippen molar-refractivity contribution in [3.63, 3.8) is 0 Å². The number of aromatic amines is 1. The van der Waals surface area contributed by atoms with Gasteiger partial charge in [-0.25, -0.2) is 9.97 Å². The first-order valence-electron chi connectivity index (χ1n) is 8.81. The molecule has 1 aliphatic rings. The van der Waals surface area contributed by atoms with Crippen LogP contribution in [-0.4, -0.2) is 44.7 Å². The Morgan fingerprint density at radius 3 is 2.92 bits per heavy atom. The van der Waals surface area contributed by atoms with Crippen LogP contribution < -0.4 is 0 Å². The quantitative estimate of drug-likeness (QED) is 0.784. The number of likely N-dealkylation sites (tertiary alicyclic amines) is 1. The van der Waals surface area contributed by atoms with Gasteiger partial charge in [0, 0.05) is 24.9 Å². The van der Waals surface area contributed by atoms with E-state index >= 15 is 0 Å². The highest BCUT2D eigenvalue weighted by atomic mass is 15.2. The second-order valence-electron chi connectivity index (χ2n) is 6.59. The van der Waals surface area contributed by atoms with Gasteiger partial charge in [0.15, 0.2) is 5.65 Å². The van der Waals surface area contributed by atoms with Crippen LogP contribution in [0.25, 0.3) is 11.2 Å². The number of fused-ring (bicyclic) bond motifs is 1. The van der Waals surface area contributed by atoms with Gasteiger partial charge in [-0.1, -0.05) is 30.3 Å². The van der Waals surface area contributed by atoms with Crippen molar-refractivity contribution in [2.75, 3.05) is 19.6 Å². The molecule has 0 radical (unpaired) electrons. The van der Waals surface area contributed by atoms with Gasteiger partial charge >= 0.3 is 0 Å². The van der Waals surface area contributed by atoms with Gasteiger partial charge in [-0.05, 0) is 44.3 Å². The molecule has 0 saturated carbocycles. The molecule has 1 fully saturated rings. The molecule has 5 nitrogen and oxygen atoms in total. The smallest absolute Gasteiger partial charge is 0.199 e. The number of H-pyrrole nitrogens is 1. The third-order valence-electron chi connectivity index (χ3n) is 4.91. The number of rotatable bonds is 5. The van der Waals surface area contributed by atoms with Gasteiger partial charge in [0.1, 0.15) is 5.52 Å². The van der Waals surface area contributed by atoms with E-state index in [4.69, 9.17) is 0 Å². The number of nitrogens with one attached hydrogen (secondary N) is 1. The number of aromatic nitrogens is 4. The fourth-order valence-electron chi connectivity index (χ4n) is 3.70. The van der Waals surface area contributed by atoms with Crippen molar-refractivity contribution in [3.05, 3.63) is 54.0 Å². The van der Waals surface area contributed by atoms with Crippen LogP contribution in [0, 0.1) is 0 Å². The third-order valence-corrected chi connectivity index (χ3v) is 4.91. The summed E-state index contributed by atoms with van der Waals surface area (Å²) in [6, 6.07) is 10.8. The van der Waals surface area contributed by atoms with E-state index in [1.54, 1.807) is 12.4 Å². The molecular formula is C19H23N5. The molecule has 1 atom stereocenters. The summed E-state index contributed by atoms with van der Waals surface area (Å²) < 4.78 is 0. The van der Waals surface area contributed by atoms with Gasteiger partial charge in [0.05, 0.1) is 5.69 Å². The van der Waals surface area contributed by atoms with Crippen molar-refractivity contribution in [1.29, 1.82) is 0 Å². The Morgan fingerprint density at radius 1 is 1.12 bits per heavy atom. The minimum absolute atomic E-state index is 0.483. The summed E-state index contributed by atoms with van der Waals surface area (Å²) in [5.41, 5.74) is 4.26. The lowest BCUT2D eigenvalue weighted by molar-refractivity contribution is 0.204. The van der Waals surface area contributed by atoms with Gasteiger partial charge in [-0.15, -0.1) is 0 Å². The standard InChI is InChI=1S/C19H23N5/c1-2-6-15(7-3-1)8-4-12-24-13-5-9-16(14-24)17-18-19(23-22-17)21-11-10-20-18/h1-3,6-7,10-11,16H,4-5,8-9,12-14H2,(H,21,22,23)/t16-/m1/s1. The number of aryl methyl sites for hydroxylation is 1. The Hall–Kier alpha value is -2.27. The van der Waals surface area contributed by atoms with E-state index in [1.165, 1.54) is 31.4 Å². The van der Waals surface area contributed by atoms with Crippen LogP contribution in [-0.2, 0) is 6.42 Å². The van der Waals surface area contributed by atoms with E-state index in [-0.39, 0.29) is 0 Å². The number of hydrogen-bond acceptors (Lipinski definition) is 4. The maximum Gasteiger partial charge on any atom is 0.199 e. The fourth-order valence-corrected chi connectivity index (χ4v) is 3.70. The maximum atomic E-state index is 4.47. The largest absolute Gasteiger partial charge is 0.303 e. The van der Waals surface area contributed by atoms with Crippen LogP contribution in [0.3, 0.4) is 0 Å². The Balaban J connectivity index is 1.37. The molecule has 124 valence electrons. The van der Waals surface area contributed by atoms with Gasteiger partial charge in [-0.3, -0.25) is 5.10 Å². The summed E-state index contributed by atoms with van der Waals surface area (Å²) in [6.45, 7) is 3.44. The predicted octanol–water partition coefficient (Wildman–Crippen LogP) is 3.17. The minimum Gasteiger partial charge on any atom is -0.303 e. The van der Waals surface area contributed by atoms with Crippen molar-refractivity contribution in [2.24, 2.45) is 0 Å². The first-order valence-corrected chi connectivity index (χ1v) is 8.81. The molecule has 0 unspecified atom stereocenters. The Bertz CT molecular complexity index is 783. The zero-order valence-corrected chi connectivity index (χ0v) is 13.9. The molecule has 1 saturated heterocycles. The molecule has 1 aliphatic heterocycles. The fraction of sp³-hybridized carbons (Fsp3) is 0.421. The zero-order chi connectivity index (χ0) is 16.2. The number of piperidine rings is 1. The number of hydrogen-bond donors (Lipinski definition) is 1. The average molecular weight is 321 g/mol. The lowest BCUT2D eigenvalue weighted by Crippen LogP contribution is -2.35. The highest BCUT2D eigenvalue weighted by Crippen LogP contribution is 2.29. The van der Waals surface area contributed by atoms with Crippen molar-refractivity contribution >= 4 is 11.2 Å². The molecule has 3 aromatic rings. The molecule has 24 heavy (non-hydrogen) atoms. The van der Waals surface area contributed by atoms with E-state index < -0.39 is 0 Å². The van der Waals surface area contributed by atoms with Crippen molar-refractivity contribution in [3.8, 4) is 0 Å². The number of nitrogens with zero attached hydrogens (tertiary/aromatic N) is 4. The van der Waals surface area contributed by atoms with Gasteiger partial charge in [0.2, 0.25) is 0 Å². The van der Waals surface area contributed by atoms with E-state index in [0.29, 0.717) is 5.92 Å². The third kappa shape index (κ3) is 3.31. The van der Waals surface area contributed by atoms with Crippen molar-refractivity contribution in [1.82, 2.24) is 25.1 Å². The summed E-state index contributed by atoms with van der Waals surface area (Å²) in [5.74, 6) is 0.483. The lowest BCUT2D eigenvalue weighted by atomic mass is 9.94. The van der Waals surface area contributed by atoms with Crippen LogP contribution in [0.15, 0.2) is 42.7 Å². The monoisotopic (exact) mass is 321 g/mol. The molecule has 3 heterocycles. The zero-order valence-electron chi connectivity index (χ0n) is 13.9. The van der Waals surface area contributed by atoms with Gasteiger partial charge in [-0.2, -0.15) is 5.10 Å². The Labute approximate surface area is 142 Å². The molecule has 0 bridgehead atoms. The van der Waals surface area contributed by atoms with Crippen LogP contribution >= 0.6 is 0 Å². The molecular weight excluding hydrogens is 298 g/mol. The highest BCUT2D eigenvalue weighted by molar-refractivity contribution is 5.72. The molecule has 5 heteroatoms. The SMILES string of the molecule is c1ccc(CCCN2CCC[C@@H](c3[nH]nc4nccnc34)C2)cc1. The van der Waals surface area contributed by atoms with E-state index in [2.05, 4.69) is 55.4 Å². The average Bonchev–Trinajstić information content (AvgIpc) is 3.07. The molecule has 4 rings (SSSR count). The van der Waals surface area contributed by atoms with E-state index in [9.17, 15) is 0 Å². The van der Waals surface area contributed by atoms with E-state index in [0.717, 1.165) is 36.4 Å². The van der Waals surface area contributed by atoms with E-state index in [1.807, 2.05) is 0 Å². The highest BCUT2D eigenvalue weighted by Gasteiger charge is 2.24. The summed E-state index contributed by atoms with van der Waals surface area (Å²) in [6.07, 6.45) is 8.24. The summed E-state index contributed by atoms with van der Waals surface area (Å²) in [4.78, 5) is 11.3. The Kier molecular flexibility index (Phi) is 4.51. The Morgan fingerprint density at radius 2 is 2.00 bits per heavy atom. The summed E-state index contributed by atoms with van der Waals surface area (Å²) in [7, 11) is 0. The van der Waals surface area contributed by atoms with Crippen LogP contribution in [0.4, 0.5) is 0 Å². The maximum absolute atomic E-state index is 4.47. The molecule has 0 amide bonds. The predicted molar refractivity (Wildman–Crippen MR) is 94.9 cm³/mol. The van der Waals surface area contributed by atoms with Crippen LogP contribution in [0.1, 0.15) is 36.4 Å². The van der Waals surface area contributed by atoms with Crippen molar-refractivity contribution < 1.29 is 0 Å². The van der Waals surface area contributed by atoms with Gasteiger partial charge in [0.25, 0.3) is 0 Å². The minimum atomic E-state index is 0.483. The van der Waals surface area contributed by atoms with Gasteiger partial charge < -0.3 is 4.90 Å². The molecule has 2 aromatic heterocycles. The molecule has 0 spiro atoms. The molecule has 1 N–H and O–H groups in total. The topological polar surface area (TPSA) is 57.7 Å². The summed E-state index contributed by atoms with van der Waals surface area (Å²) >= 11 is 0. The normalized spacial score (nSPS) is 18.9. The van der Waals surface area contributed by atoms with Crippen LogP contribution in [0.2, 0.25) is 0 Å². The number of benzene rings is 1. The molecule has 0 aliphatic carbocycles. The second-order valence-corrected chi connectivity index (χ2v) is 6.59. The second kappa shape index (κ2) is 7.09. The first kappa shape index (κ1) is 15.3. The first-order chi connectivity index (χ1) is 11.9. The van der Waals surface area contributed by atoms with Crippen molar-refractivity contribution in [2.45, 2.75) is 31.6 Å². The molecule has 1 aromatic carbocycles.